The number of imidazole rings is 1. The third-order valence-electron chi connectivity index (χ3n) is 4.32. The van der Waals surface area contributed by atoms with E-state index in [1.807, 2.05) is 32.2 Å². The van der Waals surface area contributed by atoms with E-state index in [4.69, 9.17) is 4.98 Å². The molecule has 0 radical (unpaired) electrons. The molecule has 0 bridgehead atoms. The molecule has 3 heterocycles. The van der Waals surface area contributed by atoms with Gasteiger partial charge in [0.1, 0.15) is 5.65 Å². The van der Waals surface area contributed by atoms with Crippen LogP contribution in [0.25, 0.3) is 5.65 Å². The number of hydrogen-bond donors (Lipinski definition) is 2. The fourth-order valence-corrected chi connectivity index (χ4v) is 3.09. The van der Waals surface area contributed by atoms with Crippen LogP contribution in [0.2, 0.25) is 0 Å². The zero-order valence-corrected chi connectivity index (χ0v) is 12.8. The maximum atomic E-state index is 10.3. The van der Waals surface area contributed by atoms with Gasteiger partial charge in [-0.3, -0.25) is 0 Å². The van der Waals surface area contributed by atoms with E-state index in [1.165, 1.54) is 5.69 Å². The van der Waals surface area contributed by atoms with Gasteiger partial charge in [0.2, 0.25) is 0 Å². The topological polar surface area (TPSA) is 52.8 Å². The fraction of sp³-hybridized carbons (Fsp3) is 0.562. The molecule has 5 heteroatoms. The normalized spacial score (nSPS) is 23.5. The van der Waals surface area contributed by atoms with E-state index >= 15 is 0 Å². The molecule has 1 aliphatic heterocycles. The van der Waals surface area contributed by atoms with Crippen LogP contribution in [-0.2, 0) is 6.54 Å². The molecule has 114 valence electrons. The zero-order valence-electron chi connectivity index (χ0n) is 12.8. The van der Waals surface area contributed by atoms with Gasteiger partial charge in [0.15, 0.2) is 5.82 Å². The average molecular weight is 288 g/mol. The van der Waals surface area contributed by atoms with Gasteiger partial charge in [-0.25, -0.2) is 4.98 Å². The van der Waals surface area contributed by atoms with E-state index in [0.717, 1.165) is 50.4 Å². The molecule has 5 nitrogen and oxygen atoms in total. The van der Waals surface area contributed by atoms with Crippen molar-refractivity contribution in [3.8, 4) is 0 Å². The second kappa shape index (κ2) is 5.66. The summed E-state index contributed by atoms with van der Waals surface area (Å²) in [5, 5.41) is 13.5. The van der Waals surface area contributed by atoms with Crippen molar-refractivity contribution in [2.24, 2.45) is 0 Å². The number of anilines is 1. The van der Waals surface area contributed by atoms with Crippen molar-refractivity contribution in [1.29, 1.82) is 0 Å². The summed E-state index contributed by atoms with van der Waals surface area (Å²) >= 11 is 0. The molecule has 3 rings (SSSR count). The number of rotatable bonds is 3. The highest BCUT2D eigenvalue weighted by Crippen LogP contribution is 2.27. The maximum absolute atomic E-state index is 10.3. The largest absolute Gasteiger partial charge is 0.390 e. The molecule has 2 N–H and O–H groups in total. The predicted molar refractivity (Wildman–Crippen MR) is 84.6 cm³/mol. The van der Waals surface area contributed by atoms with E-state index in [0.29, 0.717) is 0 Å². The molecule has 2 aromatic rings. The summed E-state index contributed by atoms with van der Waals surface area (Å²) < 4.78 is 2.15. The first-order valence-electron chi connectivity index (χ1n) is 7.69. The molecule has 1 unspecified atom stereocenters. The molecule has 0 saturated carbocycles. The van der Waals surface area contributed by atoms with Crippen molar-refractivity contribution in [2.75, 3.05) is 25.0 Å². The molecule has 1 atom stereocenters. The Balaban J connectivity index is 1.97. The first-order chi connectivity index (χ1) is 10.1. The first kappa shape index (κ1) is 14.4. The maximum Gasteiger partial charge on any atom is 0.152 e. The van der Waals surface area contributed by atoms with Crippen LogP contribution in [0.4, 0.5) is 5.82 Å². The van der Waals surface area contributed by atoms with Crippen molar-refractivity contribution in [3.05, 3.63) is 30.1 Å². The standard InChI is InChI=1S/C16H24N4O/c1-16(21)7-5-9-19(11-8-16)15-13(12-17-2)20-10-4-3-6-14(20)18-15/h3-4,6,10,17,21H,5,7-9,11-12H2,1-2H3. The number of pyridine rings is 1. The highest BCUT2D eigenvalue weighted by Gasteiger charge is 2.27. The number of fused-ring (bicyclic) bond motifs is 1. The summed E-state index contributed by atoms with van der Waals surface area (Å²) in [5.41, 5.74) is 1.63. The van der Waals surface area contributed by atoms with Gasteiger partial charge in [-0.05, 0) is 45.4 Å². The molecule has 0 amide bonds. The highest BCUT2D eigenvalue weighted by atomic mass is 16.3. The van der Waals surface area contributed by atoms with Gasteiger partial charge in [0, 0.05) is 25.8 Å². The lowest BCUT2D eigenvalue weighted by Gasteiger charge is -2.23. The van der Waals surface area contributed by atoms with Gasteiger partial charge < -0.3 is 19.7 Å². The van der Waals surface area contributed by atoms with E-state index < -0.39 is 5.60 Å². The summed E-state index contributed by atoms with van der Waals surface area (Å²) in [5.74, 6) is 1.05. The number of hydrogen-bond acceptors (Lipinski definition) is 4. The summed E-state index contributed by atoms with van der Waals surface area (Å²) in [7, 11) is 1.96. The van der Waals surface area contributed by atoms with E-state index in [1.54, 1.807) is 0 Å². The van der Waals surface area contributed by atoms with Gasteiger partial charge in [0.05, 0.1) is 11.3 Å². The Morgan fingerprint density at radius 1 is 1.33 bits per heavy atom. The SMILES string of the molecule is CNCc1c(N2CCCC(C)(O)CC2)nc2ccccn12. The van der Waals surface area contributed by atoms with Gasteiger partial charge in [-0.2, -0.15) is 0 Å². The lowest BCUT2D eigenvalue weighted by Crippen LogP contribution is -2.29. The molecule has 1 aliphatic rings. The van der Waals surface area contributed by atoms with Crippen LogP contribution in [-0.4, -0.2) is 40.2 Å². The molecule has 0 aliphatic carbocycles. The third kappa shape index (κ3) is 2.89. The molecule has 2 aromatic heterocycles. The van der Waals surface area contributed by atoms with Crippen molar-refractivity contribution >= 4 is 11.5 Å². The third-order valence-corrected chi connectivity index (χ3v) is 4.32. The summed E-state index contributed by atoms with van der Waals surface area (Å²) in [6.45, 7) is 4.53. The lowest BCUT2D eigenvalue weighted by atomic mass is 9.98. The Kier molecular flexibility index (Phi) is 3.87. The minimum absolute atomic E-state index is 0.545. The number of nitrogens with one attached hydrogen (secondary N) is 1. The van der Waals surface area contributed by atoms with E-state index in [2.05, 4.69) is 20.8 Å². The Morgan fingerprint density at radius 3 is 3.00 bits per heavy atom. The Labute approximate surface area is 125 Å². The predicted octanol–water partition coefficient (Wildman–Crippen LogP) is 1.79. The van der Waals surface area contributed by atoms with Crippen LogP contribution in [0, 0.1) is 0 Å². The van der Waals surface area contributed by atoms with Crippen LogP contribution in [0.15, 0.2) is 24.4 Å². The molecule has 1 saturated heterocycles. The lowest BCUT2D eigenvalue weighted by molar-refractivity contribution is 0.0481. The highest BCUT2D eigenvalue weighted by molar-refractivity contribution is 5.56. The second-order valence-corrected chi connectivity index (χ2v) is 6.18. The first-order valence-corrected chi connectivity index (χ1v) is 7.69. The van der Waals surface area contributed by atoms with E-state index in [9.17, 15) is 5.11 Å². The number of aromatic nitrogens is 2. The van der Waals surface area contributed by atoms with Crippen LogP contribution in [0.5, 0.6) is 0 Å². The van der Waals surface area contributed by atoms with Gasteiger partial charge in [0.25, 0.3) is 0 Å². The summed E-state index contributed by atoms with van der Waals surface area (Å²) in [6, 6.07) is 6.09. The van der Waals surface area contributed by atoms with Crippen LogP contribution >= 0.6 is 0 Å². The molecule has 1 fully saturated rings. The van der Waals surface area contributed by atoms with Gasteiger partial charge in [-0.15, -0.1) is 0 Å². The fourth-order valence-electron chi connectivity index (χ4n) is 3.09. The monoisotopic (exact) mass is 288 g/mol. The Morgan fingerprint density at radius 2 is 2.19 bits per heavy atom. The van der Waals surface area contributed by atoms with Gasteiger partial charge in [-0.1, -0.05) is 6.07 Å². The molecular formula is C16H24N4O. The van der Waals surface area contributed by atoms with Crippen LogP contribution in [0.3, 0.4) is 0 Å². The molecule has 21 heavy (non-hydrogen) atoms. The Bertz CT molecular complexity index is 620. The van der Waals surface area contributed by atoms with Crippen molar-refractivity contribution in [2.45, 2.75) is 38.3 Å². The van der Waals surface area contributed by atoms with Crippen molar-refractivity contribution in [3.63, 3.8) is 0 Å². The average Bonchev–Trinajstić information content (AvgIpc) is 2.71. The minimum Gasteiger partial charge on any atom is -0.390 e. The summed E-state index contributed by atoms with van der Waals surface area (Å²) in [6.07, 6.45) is 4.71. The minimum atomic E-state index is -0.545. The van der Waals surface area contributed by atoms with Crippen molar-refractivity contribution in [1.82, 2.24) is 14.7 Å². The quantitative estimate of drug-likeness (QED) is 0.904. The van der Waals surface area contributed by atoms with E-state index in [-0.39, 0.29) is 0 Å². The zero-order chi connectivity index (χ0) is 14.9. The molecule has 0 aromatic carbocycles. The Hall–Kier alpha value is -1.59. The smallest absolute Gasteiger partial charge is 0.152 e. The second-order valence-electron chi connectivity index (χ2n) is 6.18. The molecular weight excluding hydrogens is 264 g/mol. The number of nitrogens with zero attached hydrogens (tertiary/aromatic N) is 3. The van der Waals surface area contributed by atoms with Crippen molar-refractivity contribution < 1.29 is 5.11 Å². The van der Waals surface area contributed by atoms with Crippen LogP contribution in [0.1, 0.15) is 31.9 Å². The molecule has 0 spiro atoms. The van der Waals surface area contributed by atoms with Crippen LogP contribution < -0.4 is 10.2 Å². The van der Waals surface area contributed by atoms with Gasteiger partial charge >= 0.3 is 0 Å². The number of aliphatic hydroxyl groups is 1. The summed E-state index contributed by atoms with van der Waals surface area (Å²) in [4.78, 5) is 7.13.